The first kappa shape index (κ1) is 13.2. The van der Waals surface area contributed by atoms with Crippen LogP contribution in [0.15, 0.2) is 15.9 Å². The first-order valence-electron chi connectivity index (χ1n) is 5.08. The number of amides is 1. The summed E-state index contributed by atoms with van der Waals surface area (Å²) < 4.78 is 1.00. The molecule has 1 rings (SSSR count). The zero-order valence-electron chi connectivity index (χ0n) is 9.00. The van der Waals surface area contributed by atoms with Crippen LogP contribution < -0.4 is 5.32 Å². The van der Waals surface area contributed by atoms with Crippen LogP contribution in [0, 0.1) is 17.2 Å². The summed E-state index contributed by atoms with van der Waals surface area (Å²) >= 11 is 4.98. The standard InChI is InChI=1S/C11H13BrN2OS/c1-2-3-8(6-13)11(15)14-7-10-9(12)4-5-16-10/h4-5,8H,2-3,7H2,1H3,(H,14,15). The van der Waals surface area contributed by atoms with E-state index < -0.39 is 5.92 Å². The Bertz CT molecular complexity index is 397. The molecule has 0 spiro atoms. The third-order valence-corrected chi connectivity index (χ3v) is 4.09. The van der Waals surface area contributed by atoms with Gasteiger partial charge in [0.05, 0.1) is 12.6 Å². The van der Waals surface area contributed by atoms with Gasteiger partial charge in [-0.3, -0.25) is 4.79 Å². The zero-order valence-corrected chi connectivity index (χ0v) is 11.4. The molecule has 0 radical (unpaired) electrons. The quantitative estimate of drug-likeness (QED) is 0.908. The summed E-state index contributed by atoms with van der Waals surface area (Å²) in [6, 6.07) is 3.97. The zero-order chi connectivity index (χ0) is 12.0. The molecule has 0 aliphatic rings. The fourth-order valence-corrected chi connectivity index (χ4v) is 2.72. The molecule has 5 heteroatoms. The van der Waals surface area contributed by atoms with E-state index in [0.717, 1.165) is 15.8 Å². The summed E-state index contributed by atoms with van der Waals surface area (Å²) in [6.07, 6.45) is 1.46. The highest BCUT2D eigenvalue weighted by molar-refractivity contribution is 9.10. The van der Waals surface area contributed by atoms with E-state index in [-0.39, 0.29) is 5.91 Å². The van der Waals surface area contributed by atoms with Gasteiger partial charge in [-0.2, -0.15) is 5.26 Å². The average Bonchev–Trinajstić information content (AvgIpc) is 2.68. The Morgan fingerprint density at radius 2 is 2.50 bits per heavy atom. The van der Waals surface area contributed by atoms with E-state index >= 15 is 0 Å². The number of nitriles is 1. The number of hydrogen-bond acceptors (Lipinski definition) is 3. The van der Waals surface area contributed by atoms with Crippen molar-refractivity contribution in [2.45, 2.75) is 26.3 Å². The van der Waals surface area contributed by atoms with E-state index in [0.29, 0.717) is 13.0 Å². The summed E-state index contributed by atoms with van der Waals surface area (Å²) in [4.78, 5) is 12.7. The Morgan fingerprint density at radius 3 is 3.00 bits per heavy atom. The highest BCUT2D eigenvalue weighted by Crippen LogP contribution is 2.22. The minimum Gasteiger partial charge on any atom is -0.350 e. The molecule has 0 fully saturated rings. The molecular formula is C11H13BrN2OS. The van der Waals surface area contributed by atoms with Crippen LogP contribution in [0.3, 0.4) is 0 Å². The van der Waals surface area contributed by atoms with Gasteiger partial charge < -0.3 is 5.32 Å². The Hall–Kier alpha value is -0.860. The van der Waals surface area contributed by atoms with Crippen LogP contribution in [0.4, 0.5) is 0 Å². The summed E-state index contributed by atoms with van der Waals surface area (Å²) in [7, 11) is 0. The van der Waals surface area contributed by atoms with Crippen LogP contribution >= 0.6 is 27.3 Å². The van der Waals surface area contributed by atoms with Crippen molar-refractivity contribution in [3.05, 3.63) is 20.8 Å². The SMILES string of the molecule is CCCC(C#N)C(=O)NCc1sccc1Br. The molecule has 0 bridgehead atoms. The van der Waals surface area contributed by atoms with E-state index in [2.05, 4.69) is 21.2 Å². The van der Waals surface area contributed by atoms with Gasteiger partial charge in [-0.1, -0.05) is 13.3 Å². The van der Waals surface area contributed by atoms with Crippen molar-refractivity contribution in [2.24, 2.45) is 5.92 Å². The van der Waals surface area contributed by atoms with Crippen molar-refractivity contribution in [1.82, 2.24) is 5.32 Å². The van der Waals surface area contributed by atoms with E-state index in [4.69, 9.17) is 5.26 Å². The number of rotatable bonds is 5. The second kappa shape index (κ2) is 6.66. The lowest BCUT2D eigenvalue weighted by Gasteiger charge is -2.08. The van der Waals surface area contributed by atoms with Gasteiger partial charge in [-0.05, 0) is 33.8 Å². The van der Waals surface area contributed by atoms with Crippen molar-refractivity contribution < 1.29 is 4.79 Å². The highest BCUT2D eigenvalue weighted by Gasteiger charge is 2.16. The summed E-state index contributed by atoms with van der Waals surface area (Å²) in [6.45, 7) is 2.45. The van der Waals surface area contributed by atoms with Crippen molar-refractivity contribution >= 4 is 33.2 Å². The van der Waals surface area contributed by atoms with E-state index in [1.807, 2.05) is 24.4 Å². The lowest BCUT2D eigenvalue weighted by molar-refractivity contribution is -0.123. The molecule has 0 aliphatic carbocycles. The maximum Gasteiger partial charge on any atom is 0.237 e. The molecule has 0 saturated heterocycles. The lowest BCUT2D eigenvalue weighted by atomic mass is 10.1. The maximum atomic E-state index is 11.6. The molecule has 0 aromatic carbocycles. The third kappa shape index (κ3) is 3.62. The molecule has 86 valence electrons. The number of carbonyl (C=O) groups is 1. The van der Waals surface area contributed by atoms with Crippen LogP contribution in [0.25, 0.3) is 0 Å². The molecule has 1 N–H and O–H groups in total. The van der Waals surface area contributed by atoms with Gasteiger partial charge in [0.2, 0.25) is 5.91 Å². The average molecular weight is 301 g/mol. The highest BCUT2D eigenvalue weighted by atomic mass is 79.9. The van der Waals surface area contributed by atoms with Gasteiger partial charge in [0, 0.05) is 9.35 Å². The van der Waals surface area contributed by atoms with Gasteiger partial charge in [0.1, 0.15) is 5.92 Å². The number of hydrogen-bond donors (Lipinski definition) is 1. The number of nitrogens with zero attached hydrogens (tertiary/aromatic N) is 1. The van der Waals surface area contributed by atoms with Gasteiger partial charge in [-0.15, -0.1) is 11.3 Å². The molecule has 1 aromatic rings. The summed E-state index contributed by atoms with van der Waals surface area (Å²) in [5.41, 5.74) is 0. The van der Waals surface area contributed by atoms with Crippen LogP contribution in [-0.4, -0.2) is 5.91 Å². The molecule has 1 atom stereocenters. The number of nitrogens with one attached hydrogen (secondary N) is 1. The largest absolute Gasteiger partial charge is 0.350 e. The van der Waals surface area contributed by atoms with Crippen LogP contribution in [0.1, 0.15) is 24.6 Å². The van der Waals surface area contributed by atoms with E-state index in [1.165, 1.54) is 0 Å². The van der Waals surface area contributed by atoms with Gasteiger partial charge in [0.15, 0.2) is 0 Å². The van der Waals surface area contributed by atoms with Gasteiger partial charge in [0.25, 0.3) is 0 Å². The molecule has 1 unspecified atom stereocenters. The molecule has 1 heterocycles. The van der Waals surface area contributed by atoms with Gasteiger partial charge in [-0.25, -0.2) is 0 Å². The number of thiophene rings is 1. The van der Waals surface area contributed by atoms with Crippen LogP contribution in [0.5, 0.6) is 0 Å². The molecule has 1 amide bonds. The monoisotopic (exact) mass is 300 g/mol. The number of carbonyl (C=O) groups excluding carboxylic acids is 1. The maximum absolute atomic E-state index is 11.6. The molecule has 0 aliphatic heterocycles. The normalized spacial score (nSPS) is 11.8. The Balaban J connectivity index is 2.46. The molecule has 16 heavy (non-hydrogen) atoms. The Morgan fingerprint density at radius 1 is 1.75 bits per heavy atom. The molecule has 1 aromatic heterocycles. The van der Waals surface area contributed by atoms with Crippen molar-refractivity contribution in [3.63, 3.8) is 0 Å². The van der Waals surface area contributed by atoms with E-state index in [1.54, 1.807) is 11.3 Å². The van der Waals surface area contributed by atoms with Crippen molar-refractivity contribution in [3.8, 4) is 6.07 Å². The predicted molar refractivity (Wildman–Crippen MR) is 67.9 cm³/mol. The van der Waals surface area contributed by atoms with Crippen molar-refractivity contribution in [1.29, 1.82) is 5.26 Å². The second-order valence-corrected chi connectivity index (χ2v) is 5.23. The summed E-state index contributed by atoms with van der Waals surface area (Å²) in [5.74, 6) is -0.701. The van der Waals surface area contributed by atoms with Crippen LogP contribution in [0.2, 0.25) is 0 Å². The summed E-state index contributed by atoms with van der Waals surface area (Å²) in [5, 5.41) is 13.6. The Labute approximate surface area is 108 Å². The van der Waals surface area contributed by atoms with E-state index in [9.17, 15) is 4.79 Å². The predicted octanol–water partition coefficient (Wildman–Crippen LogP) is 3.07. The van der Waals surface area contributed by atoms with Crippen LogP contribution in [-0.2, 0) is 11.3 Å². The topological polar surface area (TPSA) is 52.9 Å². The fourth-order valence-electron chi connectivity index (χ4n) is 1.28. The Kier molecular flexibility index (Phi) is 5.50. The second-order valence-electron chi connectivity index (χ2n) is 3.38. The van der Waals surface area contributed by atoms with Crippen molar-refractivity contribution in [2.75, 3.05) is 0 Å². The first-order chi connectivity index (χ1) is 7.69. The van der Waals surface area contributed by atoms with Gasteiger partial charge >= 0.3 is 0 Å². The fraction of sp³-hybridized carbons (Fsp3) is 0.455. The minimum atomic E-state index is -0.524. The third-order valence-electron chi connectivity index (χ3n) is 2.16. The minimum absolute atomic E-state index is 0.176. The smallest absolute Gasteiger partial charge is 0.237 e. The molecule has 3 nitrogen and oxygen atoms in total. The number of halogens is 1. The molecule has 0 saturated carbocycles. The molecular weight excluding hydrogens is 288 g/mol. The first-order valence-corrected chi connectivity index (χ1v) is 6.75. The lowest BCUT2D eigenvalue weighted by Crippen LogP contribution is -2.29.